The molecule has 1 amide bonds. The maximum atomic E-state index is 12.6. The molecule has 2 fully saturated rings. The molecular weight excluding hydrogens is 356 g/mol. The molecule has 0 radical (unpaired) electrons. The summed E-state index contributed by atoms with van der Waals surface area (Å²) in [5.41, 5.74) is 0.245. The highest BCUT2D eigenvalue weighted by atomic mass is 35.5. The van der Waals surface area contributed by atoms with Crippen LogP contribution < -0.4 is 10.1 Å². The van der Waals surface area contributed by atoms with Crippen LogP contribution in [-0.2, 0) is 0 Å². The van der Waals surface area contributed by atoms with E-state index in [0.717, 1.165) is 6.42 Å². The Morgan fingerprint density at radius 3 is 2.69 bits per heavy atom. The Morgan fingerprint density at radius 1 is 1.31 bits per heavy atom. The van der Waals surface area contributed by atoms with Crippen molar-refractivity contribution >= 4 is 17.5 Å². The van der Waals surface area contributed by atoms with Gasteiger partial charge in [-0.1, -0.05) is 29.6 Å². The average molecular weight is 377 g/mol. The molecule has 2 saturated carbocycles. The number of aryl methyl sites for hydroxylation is 1. The molecule has 26 heavy (non-hydrogen) atoms. The lowest BCUT2D eigenvalue weighted by atomic mass is 10.1. The van der Waals surface area contributed by atoms with Crippen LogP contribution in [0, 0.1) is 18.8 Å². The Morgan fingerprint density at radius 2 is 2.08 bits per heavy atom. The zero-order chi connectivity index (χ0) is 18.1. The lowest BCUT2D eigenvalue weighted by Gasteiger charge is -2.15. The molecule has 2 heterocycles. The van der Waals surface area contributed by atoms with Crippen LogP contribution in [0.15, 0.2) is 16.7 Å². The van der Waals surface area contributed by atoms with Crippen molar-refractivity contribution in [3.05, 3.63) is 34.7 Å². The fourth-order valence-electron chi connectivity index (χ4n) is 2.75. The van der Waals surface area contributed by atoms with Gasteiger partial charge in [0, 0.05) is 6.92 Å². The average Bonchev–Trinajstić information content (AvgIpc) is 3.54. The van der Waals surface area contributed by atoms with Crippen molar-refractivity contribution in [2.75, 3.05) is 6.61 Å². The van der Waals surface area contributed by atoms with Crippen LogP contribution in [0.2, 0.25) is 5.15 Å². The zero-order valence-electron chi connectivity index (χ0n) is 14.6. The van der Waals surface area contributed by atoms with Crippen molar-refractivity contribution in [3.63, 3.8) is 0 Å². The van der Waals surface area contributed by atoms with E-state index < -0.39 is 0 Å². The fraction of sp³-hybridized carbons (Fsp3) is 0.556. The summed E-state index contributed by atoms with van der Waals surface area (Å²) in [4.78, 5) is 21.1. The molecule has 0 saturated heterocycles. The normalized spacial score (nSPS) is 17.8. The van der Waals surface area contributed by atoms with Gasteiger partial charge in [-0.3, -0.25) is 4.79 Å². The van der Waals surface area contributed by atoms with E-state index >= 15 is 0 Å². The van der Waals surface area contributed by atoms with Gasteiger partial charge in [-0.2, -0.15) is 4.98 Å². The number of nitrogens with one attached hydrogen (secondary N) is 1. The molecule has 1 atom stereocenters. The summed E-state index contributed by atoms with van der Waals surface area (Å²) in [6.45, 7) is 2.38. The summed E-state index contributed by atoms with van der Waals surface area (Å²) in [5, 5.41) is 7.11. The molecule has 138 valence electrons. The van der Waals surface area contributed by atoms with Gasteiger partial charge in [0.05, 0.1) is 12.6 Å². The first kappa shape index (κ1) is 17.3. The molecular formula is C18H21ClN4O3. The number of carbonyl (C=O) groups excluding carboxylic acids is 1. The van der Waals surface area contributed by atoms with Gasteiger partial charge in [-0.15, -0.1) is 0 Å². The predicted molar refractivity (Wildman–Crippen MR) is 94.0 cm³/mol. The third kappa shape index (κ3) is 4.33. The van der Waals surface area contributed by atoms with E-state index in [1.807, 2.05) is 0 Å². The standard InChI is InChI=1S/C18H21ClN4O3/c1-10-20-17(23-26-10)14(8-11-2-3-11)22-18(24)13-6-7-15(16(19)21-13)25-9-12-4-5-12/h6-7,11-12,14H,2-5,8-9H2,1H3,(H,22,24). The van der Waals surface area contributed by atoms with Crippen molar-refractivity contribution in [2.45, 2.75) is 45.1 Å². The number of hydrogen-bond donors (Lipinski definition) is 1. The molecule has 1 unspecified atom stereocenters. The molecule has 8 heteroatoms. The number of hydrogen-bond acceptors (Lipinski definition) is 6. The number of nitrogens with zero attached hydrogens (tertiary/aromatic N) is 3. The topological polar surface area (TPSA) is 90.1 Å². The number of aromatic nitrogens is 3. The van der Waals surface area contributed by atoms with Gasteiger partial charge in [0.25, 0.3) is 5.91 Å². The van der Waals surface area contributed by atoms with Crippen LogP contribution in [0.3, 0.4) is 0 Å². The number of ether oxygens (including phenoxy) is 1. The van der Waals surface area contributed by atoms with E-state index in [4.69, 9.17) is 20.9 Å². The third-order valence-corrected chi connectivity index (χ3v) is 4.92. The molecule has 2 aromatic rings. The van der Waals surface area contributed by atoms with E-state index in [-0.39, 0.29) is 22.8 Å². The highest BCUT2D eigenvalue weighted by molar-refractivity contribution is 6.31. The second-order valence-corrected chi connectivity index (χ2v) is 7.47. The molecule has 2 aliphatic rings. The summed E-state index contributed by atoms with van der Waals surface area (Å²) >= 11 is 6.17. The number of rotatable bonds is 8. The van der Waals surface area contributed by atoms with Gasteiger partial charge in [-0.25, -0.2) is 4.98 Å². The second-order valence-electron chi connectivity index (χ2n) is 7.12. The quantitative estimate of drug-likeness (QED) is 0.709. The number of pyridine rings is 1. The van der Waals surface area contributed by atoms with E-state index in [1.54, 1.807) is 19.1 Å². The lowest BCUT2D eigenvalue weighted by molar-refractivity contribution is 0.0925. The zero-order valence-corrected chi connectivity index (χ0v) is 15.3. The van der Waals surface area contributed by atoms with Crippen LogP contribution >= 0.6 is 11.6 Å². The monoisotopic (exact) mass is 376 g/mol. The molecule has 0 bridgehead atoms. The van der Waals surface area contributed by atoms with Gasteiger partial charge in [0.1, 0.15) is 5.69 Å². The maximum absolute atomic E-state index is 12.6. The van der Waals surface area contributed by atoms with Crippen molar-refractivity contribution in [1.82, 2.24) is 20.4 Å². The molecule has 1 N–H and O–H groups in total. The third-order valence-electron chi connectivity index (χ3n) is 4.64. The van der Waals surface area contributed by atoms with Crippen LogP contribution in [-0.4, -0.2) is 27.6 Å². The summed E-state index contributed by atoms with van der Waals surface area (Å²) in [7, 11) is 0. The van der Waals surface area contributed by atoms with E-state index in [0.29, 0.717) is 35.9 Å². The van der Waals surface area contributed by atoms with E-state index in [2.05, 4.69) is 20.4 Å². The first-order valence-corrected chi connectivity index (χ1v) is 9.36. The molecule has 2 aliphatic carbocycles. The Labute approximate surface area is 156 Å². The summed E-state index contributed by atoms with van der Waals surface area (Å²) in [5.74, 6) is 2.39. The highest BCUT2D eigenvalue weighted by Crippen LogP contribution is 2.37. The smallest absolute Gasteiger partial charge is 0.270 e. The maximum Gasteiger partial charge on any atom is 0.270 e. The molecule has 4 rings (SSSR count). The van der Waals surface area contributed by atoms with Crippen LogP contribution in [0.1, 0.15) is 60.3 Å². The van der Waals surface area contributed by atoms with Crippen molar-refractivity contribution in [1.29, 1.82) is 0 Å². The van der Waals surface area contributed by atoms with Crippen LogP contribution in [0.25, 0.3) is 0 Å². The minimum Gasteiger partial charge on any atom is -0.490 e. The Kier molecular flexibility index (Phi) is 4.80. The predicted octanol–water partition coefficient (Wildman–Crippen LogP) is 3.49. The van der Waals surface area contributed by atoms with Crippen molar-refractivity contribution < 1.29 is 14.1 Å². The summed E-state index contributed by atoms with van der Waals surface area (Å²) in [6, 6.07) is 3.03. The minimum atomic E-state index is -0.311. The van der Waals surface area contributed by atoms with E-state index in [9.17, 15) is 4.79 Å². The Hall–Kier alpha value is -2.15. The van der Waals surface area contributed by atoms with Crippen LogP contribution in [0.4, 0.5) is 0 Å². The fourth-order valence-corrected chi connectivity index (χ4v) is 2.96. The lowest BCUT2D eigenvalue weighted by Crippen LogP contribution is -2.30. The molecule has 7 nitrogen and oxygen atoms in total. The molecule has 0 spiro atoms. The first-order chi connectivity index (χ1) is 12.6. The van der Waals surface area contributed by atoms with Crippen molar-refractivity contribution in [2.24, 2.45) is 11.8 Å². The van der Waals surface area contributed by atoms with Gasteiger partial charge in [0.2, 0.25) is 5.89 Å². The largest absolute Gasteiger partial charge is 0.490 e. The molecule has 2 aromatic heterocycles. The van der Waals surface area contributed by atoms with Gasteiger partial charge in [-0.05, 0) is 43.2 Å². The number of carbonyl (C=O) groups is 1. The van der Waals surface area contributed by atoms with Crippen LogP contribution in [0.5, 0.6) is 5.75 Å². The van der Waals surface area contributed by atoms with Gasteiger partial charge in [0.15, 0.2) is 16.7 Å². The minimum absolute atomic E-state index is 0.201. The molecule has 0 aromatic carbocycles. The second kappa shape index (κ2) is 7.23. The number of amides is 1. The van der Waals surface area contributed by atoms with Gasteiger partial charge < -0.3 is 14.6 Å². The van der Waals surface area contributed by atoms with E-state index in [1.165, 1.54) is 25.7 Å². The SMILES string of the molecule is Cc1nc(C(CC2CC2)NC(=O)c2ccc(OCC3CC3)c(Cl)n2)no1. The van der Waals surface area contributed by atoms with Gasteiger partial charge >= 0.3 is 0 Å². The summed E-state index contributed by atoms with van der Waals surface area (Å²) < 4.78 is 10.7. The first-order valence-electron chi connectivity index (χ1n) is 8.99. The van der Waals surface area contributed by atoms with Crippen molar-refractivity contribution in [3.8, 4) is 5.75 Å². The number of halogens is 1. The summed E-state index contributed by atoms with van der Waals surface area (Å²) in [6.07, 6.45) is 5.52. The Balaban J connectivity index is 1.43. The highest BCUT2D eigenvalue weighted by Gasteiger charge is 2.30. The Bertz CT molecular complexity index is 801. The molecule has 0 aliphatic heterocycles.